The zero-order valence-corrected chi connectivity index (χ0v) is 19.3. The van der Waals surface area contributed by atoms with Crippen molar-refractivity contribution in [1.29, 1.82) is 0 Å². The van der Waals surface area contributed by atoms with Gasteiger partial charge in [0.25, 0.3) is 5.91 Å². The van der Waals surface area contributed by atoms with Gasteiger partial charge in [0.1, 0.15) is 11.6 Å². The summed E-state index contributed by atoms with van der Waals surface area (Å²) in [6.07, 6.45) is 5.57. The summed E-state index contributed by atoms with van der Waals surface area (Å²) in [5.74, 6) is 1.77. The molecule has 33 heavy (non-hydrogen) atoms. The number of hydrogen-bond acceptors (Lipinski definition) is 4. The molecule has 5 rings (SSSR count). The van der Waals surface area contributed by atoms with Crippen molar-refractivity contribution < 1.29 is 4.79 Å². The smallest absolute Gasteiger partial charge is 0.254 e. The normalized spacial score (nSPS) is 15.8. The van der Waals surface area contributed by atoms with Crippen LogP contribution in [0, 0.1) is 20.8 Å². The third-order valence-corrected chi connectivity index (χ3v) is 6.32. The van der Waals surface area contributed by atoms with Crippen LogP contribution in [0.25, 0.3) is 5.82 Å². The molecule has 4 aromatic rings. The highest BCUT2D eigenvalue weighted by atomic mass is 16.2. The van der Waals surface area contributed by atoms with Gasteiger partial charge in [0.05, 0.1) is 24.0 Å². The van der Waals surface area contributed by atoms with Gasteiger partial charge >= 0.3 is 0 Å². The van der Waals surface area contributed by atoms with Crippen LogP contribution < -0.4 is 0 Å². The Bertz CT molecular complexity index is 1290. The van der Waals surface area contributed by atoms with Crippen LogP contribution in [0.4, 0.5) is 0 Å². The lowest BCUT2D eigenvalue weighted by atomic mass is 10.1. The molecule has 1 atom stereocenters. The number of amides is 1. The summed E-state index contributed by atoms with van der Waals surface area (Å²) in [4.78, 5) is 24.5. The van der Waals surface area contributed by atoms with E-state index in [1.165, 1.54) is 0 Å². The van der Waals surface area contributed by atoms with E-state index in [0.29, 0.717) is 12.1 Å². The summed E-state index contributed by atoms with van der Waals surface area (Å²) in [5.41, 5.74) is 4.91. The Balaban J connectivity index is 1.34. The van der Waals surface area contributed by atoms with Crippen LogP contribution in [0.3, 0.4) is 0 Å². The van der Waals surface area contributed by atoms with Crippen molar-refractivity contribution in [3.05, 3.63) is 95.0 Å². The number of carbonyl (C=O) groups excluding carboxylic acids is 1. The molecule has 7 heteroatoms. The van der Waals surface area contributed by atoms with E-state index in [9.17, 15) is 4.79 Å². The van der Waals surface area contributed by atoms with Crippen molar-refractivity contribution in [2.24, 2.45) is 0 Å². The minimum absolute atomic E-state index is 0.0179. The van der Waals surface area contributed by atoms with E-state index in [4.69, 9.17) is 4.98 Å². The van der Waals surface area contributed by atoms with Gasteiger partial charge in [-0.1, -0.05) is 18.2 Å². The number of hydrogen-bond donors (Lipinski definition) is 0. The number of aromatic nitrogens is 5. The molecule has 4 heterocycles. The minimum Gasteiger partial charge on any atom is -0.330 e. The highest BCUT2D eigenvalue weighted by Crippen LogP contribution is 2.32. The number of pyridine rings is 1. The molecule has 0 N–H and O–H groups in total. The maximum Gasteiger partial charge on any atom is 0.254 e. The summed E-state index contributed by atoms with van der Waals surface area (Å²) in [7, 11) is 0. The van der Waals surface area contributed by atoms with E-state index in [-0.39, 0.29) is 11.9 Å². The number of carbonyl (C=O) groups is 1. The average Bonchev–Trinajstić information content (AvgIpc) is 3.54. The largest absolute Gasteiger partial charge is 0.330 e. The van der Waals surface area contributed by atoms with Gasteiger partial charge in [0, 0.05) is 30.2 Å². The van der Waals surface area contributed by atoms with Gasteiger partial charge in [0.2, 0.25) is 0 Å². The molecule has 0 aliphatic carbocycles. The summed E-state index contributed by atoms with van der Waals surface area (Å²) in [6.45, 7) is 7.46. The van der Waals surface area contributed by atoms with Gasteiger partial charge in [-0.25, -0.2) is 9.97 Å². The predicted molar refractivity (Wildman–Crippen MR) is 126 cm³/mol. The molecule has 0 unspecified atom stereocenters. The van der Waals surface area contributed by atoms with Crippen LogP contribution >= 0.6 is 0 Å². The van der Waals surface area contributed by atoms with E-state index in [0.717, 1.165) is 53.7 Å². The molecule has 1 amide bonds. The van der Waals surface area contributed by atoms with Crippen LogP contribution in [-0.2, 0) is 6.54 Å². The number of imidazole rings is 1. The molecular formula is C26H28N6O. The molecule has 1 saturated heterocycles. The Kier molecular flexibility index (Phi) is 5.54. The van der Waals surface area contributed by atoms with Crippen LogP contribution in [0.1, 0.15) is 57.7 Å². The lowest BCUT2D eigenvalue weighted by molar-refractivity contribution is 0.0733. The Morgan fingerprint density at radius 3 is 2.61 bits per heavy atom. The standard InChI is InChI=1S/C26H28N6O/c1-18-16-19(2)32(29-18)17-21-9-11-22(12-10-21)26(33)31-14-5-7-24(31)23-6-4-8-25(28-23)30-15-13-27-20(30)3/h4,6,8-13,15-16,24H,5,7,14,17H2,1-3H3/t24-/m0/s1. The molecule has 3 aromatic heterocycles. The van der Waals surface area contributed by atoms with Crippen LogP contribution in [0.5, 0.6) is 0 Å². The first-order chi connectivity index (χ1) is 16.0. The van der Waals surface area contributed by atoms with E-state index >= 15 is 0 Å². The second-order valence-corrected chi connectivity index (χ2v) is 8.70. The maximum absolute atomic E-state index is 13.4. The fourth-order valence-electron chi connectivity index (χ4n) is 4.62. The quantitative estimate of drug-likeness (QED) is 0.461. The molecular weight excluding hydrogens is 412 g/mol. The summed E-state index contributed by atoms with van der Waals surface area (Å²) in [6, 6.07) is 16.0. The van der Waals surface area contributed by atoms with E-state index in [1.54, 1.807) is 6.20 Å². The second-order valence-electron chi connectivity index (χ2n) is 8.70. The third kappa shape index (κ3) is 4.18. The van der Waals surface area contributed by atoms with Crippen molar-refractivity contribution in [2.45, 2.75) is 46.2 Å². The summed E-state index contributed by atoms with van der Waals surface area (Å²) in [5, 5.41) is 4.53. The molecule has 1 fully saturated rings. The molecule has 0 spiro atoms. The zero-order chi connectivity index (χ0) is 22.9. The number of benzene rings is 1. The van der Waals surface area contributed by atoms with Gasteiger partial charge in [-0.3, -0.25) is 14.0 Å². The number of likely N-dealkylation sites (tertiary alicyclic amines) is 1. The summed E-state index contributed by atoms with van der Waals surface area (Å²) >= 11 is 0. The van der Waals surface area contributed by atoms with Gasteiger partial charge < -0.3 is 4.90 Å². The first-order valence-electron chi connectivity index (χ1n) is 11.4. The molecule has 1 aliphatic rings. The van der Waals surface area contributed by atoms with Crippen molar-refractivity contribution in [3.8, 4) is 5.82 Å². The Hall–Kier alpha value is -3.74. The molecule has 1 aliphatic heterocycles. The first-order valence-corrected chi connectivity index (χ1v) is 11.4. The first kappa shape index (κ1) is 21.1. The topological polar surface area (TPSA) is 68.8 Å². The highest BCUT2D eigenvalue weighted by molar-refractivity contribution is 5.94. The third-order valence-electron chi connectivity index (χ3n) is 6.32. The van der Waals surface area contributed by atoms with Gasteiger partial charge in [0.15, 0.2) is 0 Å². The molecule has 168 valence electrons. The lowest BCUT2D eigenvalue weighted by Crippen LogP contribution is -2.31. The Morgan fingerprint density at radius 1 is 1.09 bits per heavy atom. The monoisotopic (exact) mass is 440 g/mol. The van der Waals surface area contributed by atoms with E-state index in [2.05, 4.69) is 23.1 Å². The molecule has 0 bridgehead atoms. The van der Waals surface area contributed by atoms with Crippen LogP contribution in [-0.4, -0.2) is 41.7 Å². The van der Waals surface area contributed by atoms with Crippen molar-refractivity contribution in [3.63, 3.8) is 0 Å². The van der Waals surface area contributed by atoms with Crippen LogP contribution in [0.15, 0.2) is 60.9 Å². The Morgan fingerprint density at radius 2 is 1.91 bits per heavy atom. The second kappa shape index (κ2) is 8.65. The van der Waals surface area contributed by atoms with Gasteiger partial charge in [-0.05, 0) is 69.5 Å². The Labute approximate surface area is 193 Å². The number of nitrogens with zero attached hydrogens (tertiary/aromatic N) is 6. The van der Waals surface area contributed by atoms with Gasteiger partial charge in [-0.15, -0.1) is 0 Å². The molecule has 0 radical (unpaired) electrons. The zero-order valence-electron chi connectivity index (χ0n) is 19.3. The predicted octanol–water partition coefficient (Wildman–Crippen LogP) is 4.41. The van der Waals surface area contributed by atoms with E-state index in [1.807, 2.05) is 76.7 Å². The SMILES string of the molecule is Cc1cc(C)n(Cc2ccc(C(=O)N3CCC[C@H]3c3cccc(-n4ccnc4C)n3)cc2)n1. The average molecular weight is 441 g/mol. The van der Waals surface area contributed by atoms with Gasteiger partial charge in [-0.2, -0.15) is 5.10 Å². The molecule has 1 aromatic carbocycles. The summed E-state index contributed by atoms with van der Waals surface area (Å²) < 4.78 is 3.95. The fourth-order valence-corrected chi connectivity index (χ4v) is 4.62. The molecule has 0 saturated carbocycles. The number of rotatable bonds is 5. The highest BCUT2D eigenvalue weighted by Gasteiger charge is 2.31. The van der Waals surface area contributed by atoms with Crippen molar-refractivity contribution >= 4 is 5.91 Å². The van der Waals surface area contributed by atoms with Crippen LogP contribution in [0.2, 0.25) is 0 Å². The van der Waals surface area contributed by atoms with Crippen molar-refractivity contribution in [2.75, 3.05) is 6.54 Å². The van der Waals surface area contributed by atoms with E-state index < -0.39 is 0 Å². The molecule has 7 nitrogen and oxygen atoms in total. The fraction of sp³-hybridized carbons (Fsp3) is 0.308. The lowest BCUT2D eigenvalue weighted by Gasteiger charge is -2.25. The van der Waals surface area contributed by atoms with Crippen molar-refractivity contribution in [1.82, 2.24) is 29.2 Å². The number of aryl methyl sites for hydroxylation is 3. The maximum atomic E-state index is 13.4. The minimum atomic E-state index is -0.0179.